The highest BCUT2D eigenvalue weighted by Crippen LogP contribution is 2.44. The lowest BCUT2D eigenvalue weighted by molar-refractivity contribution is 0.670. The highest BCUT2D eigenvalue weighted by Gasteiger charge is 2.19. The minimum atomic E-state index is 0.906. The molecule has 0 spiro atoms. The molecular weight excluding hydrogens is 869 g/mol. The van der Waals surface area contributed by atoms with Crippen molar-refractivity contribution in [2.75, 3.05) is 4.90 Å². The lowest BCUT2D eigenvalue weighted by Crippen LogP contribution is -2.09. The number of anilines is 3. The van der Waals surface area contributed by atoms with E-state index in [1.165, 1.54) is 42.0 Å². The Bertz CT molecular complexity index is 4220. The van der Waals surface area contributed by atoms with Gasteiger partial charge in [-0.15, -0.1) is 11.3 Å². The molecule has 14 aromatic rings. The van der Waals surface area contributed by atoms with Crippen LogP contribution in [0.25, 0.3) is 114 Å². The zero-order chi connectivity index (χ0) is 46.1. The molecule has 70 heavy (non-hydrogen) atoms. The van der Waals surface area contributed by atoms with Gasteiger partial charge in [-0.2, -0.15) is 0 Å². The fraction of sp³-hybridized carbons (Fsp3) is 0. The van der Waals surface area contributed by atoms with Crippen molar-refractivity contribution in [3.8, 4) is 50.2 Å². The molecule has 0 radical (unpaired) electrons. The summed E-state index contributed by atoms with van der Waals surface area (Å²) in [5.74, 6) is 0. The SMILES string of the molecule is c1ccc(N(c2ccccc2)c2ccc(-c3cc(-c4ccc(-c5cccc6c5oc5ccccc56)cc4)cc(-c4ccc(-n5c6ccccc6c6c7sc8ccccc8c7ccc65)cc4)c3)cc2)cc1. The summed E-state index contributed by atoms with van der Waals surface area (Å²) in [5.41, 5.74) is 17.8. The maximum Gasteiger partial charge on any atom is 0.143 e. The van der Waals surface area contributed by atoms with Crippen molar-refractivity contribution in [2.45, 2.75) is 0 Å². The van der Waals surface area contributed by atoms with E-state index in [2.05, 4.69) is 252 Å². The normalized spacial score (nSPS) is 11.7. The molecule has 0 N–H and O–H groups in total. The van der Waals surface area contributed by atoms with Gasteiger partial charge in [0.15, 0.2) is 0 Å². The molecule has 328 valence electrons. The van der Waals surface area contributed by atoms with E-state index in [1.54, 1.807) is 0 Å². The number of benzene rings is 11. The Balaban J connectivity index is 0.878. The van der Waals surface area contributed by atoms with Gasteiger partial charge in [0.05, 0.1) is 11.0 Å². The smallest absolute Gasteiger partial charge is 0.143 e. The van der Waals surface area contributed by atoms with Crippen molar-refractivity contribution in [1.29, 1.82) is 0 Å². The molecule has 0 amide bonds. The Labute approximate surface area is 409 Å². The number of thiophene rings is 1. The first-order valence-electron chi connectivity index (χ1n) is 23.8. The maximum atomic E-state index is 6.45. The predicted molar refractivity (Wildman–Crippen MR) is 297 cm³/mol. The monoisotopic (exact) mass is 910 g/mol. The number of hydrogen-bond acceptors (Lipinski definition) is 3. The summed E-state index contributed by atoms with van der Waals surface area (Å²) in [6, 6.07) is 92.2. The van der Waals surface area contributed by atoms with Crippen LogP contribution < -0.4 is 4.90 Å². The molecule has 0 fully saturated rings. The van der Waals surface area contributed by atoms with E-state index < -0.39 is 0 Å². The van der Waals surface area contributed by atoms with Crippen molar-refractivity contribution in [3.05, 3.63) is 255 Å². The second-order valence-corrected chi connectivity index (χ2v) is 19.1. The van der Waals surface area contributed by atoms with E-state index in [0.717, 1.165) is 89.2 Å². The standard InChI is InChI=1S/C66H42N2OS/c1-3-14-50(15-4-1)67(51-16-5-2-6-17-51)52-34-30-44(31-35-52)48-40-47(43-26-28-46(29-27-43)54-21-13-22-57-55-18-8-11-24-62(55)69-65(54)57)41-49(42-48)45-32-36-53(37-33-45)68-60-23-10-7-20-59(60)64-61(68)39-38-58-56-19-9-12-25-63(56)70-66(58)64/h1-42H. The zero-order valence-corrected chi connectivity index (χ0v) is 38.8. The van der Waals surface area contributed by atoms with Crippen LogP contribution in [0.4, 0.5) is 17.1 Å². The summed E-state index contributed by atoms with van der Waals surface area (Å²) < 4.78 is 11.6. The van der Waals surface area contributed by atoms with Crippen molar-refractivity contribution in [1.82, 2.24) is 4.57 Å². The number of fused-ring (bicyclic) bond motifs is 10. The van der Waals surface area contributed by atoms with E-state index in [-0.39, 0.29) is 0 Å². The van der Waals surface area contributed by atoms with Crippen LogP contribution in [0.1, 0.15) is 0 Å². The number of aromatic nitrogens is 1. The first kappa shape index (κ1) is 40.1. The van der Waals surface area contributed by atoms with Crippen LogP contribution in [-0.2, 0) is 0 Å². The van der Waals surface area contributed by atoms with Gasteiger partial charge in [0.1, 0.15) is 11.2 Å². The Morgan fingerprint density at radius 1 is 0.343 bits per heavy atom. The minimum Gasteiger partial charge on any atom is -0.455 e. The van der Waals surface area contributed by atoms with Crippen molar-refractivity contribution in [3.63, 3.8) is 0 Å². The Hall–Kier alpha value is -8.96. The molecule has 4 heteroatoms. The topological polar surface area (TPSA) is 21.3 Å². The average Bonchev–Trinajstić information content (AvgIpc) is 4.12. The fourth-order valence-corrected chi connectivity index (χ4v) is 11.9. The molecule has 0 unspecified atom stereocenters. The molecule has 3 aromatic heterocycles. The van der Waals surface area contributed by atoms with Crippen LogP contribution in [0.2, 0.25) is 0 Å². The van der Waals surface area contributed by atoms with Gasteiger partial charge in [0.25, 0.3) is 0 Å². The summed E-state index contributed by atoms with van der Waals surface area (Å²) >= 11 is 1.89. The summed E-state index contributed by atoms with van der Waals surface area (Å²) in [4.78, 5) is 2.31. The second-order valence-electron chi connectivity index (χ2n) is 18.0. The third kappa shape index (κ3) is 6.64. The van der Waals surface area contributed by atoms with E-state index in [1.807, 2.05) is 23.5 Å². The van der Waals surface area contributed by atoms with Gasteiger partial charge >= 0.3 is 0 Å². The Kier molecular flexibility index (Phi) is 9.39. The predicted octanol–water partition coefficient (Wildman–Crippen LogP) is 19.2. The molecule has 3 heterocycles. The van der Waals surface area contributed by atoms with E-state index in [9.17, 15) is 0 Å². The molecule has 0 aliphatic carbocycles. The molecule has 3 nitrogen and oxygen atoms in total. The van der Waals surface area contributed by atoms with Gasteiger partial charge in [0.2, 0.25) is 0 Å². The van der Waals surface area contributed by atoms with Gasteiger partial charge < -0.3 is 13.9 Å². The Morgan fingerprint density at radius 3 is 1.56 bits per heavy atom. The summed E-state index contributed by atoms with van der Waals surface area (Å²) in [6.45, 7) is 0. The van der Waals surface area contributed by atoms with E-state index in [0.29, 0.717) is 0 Å². The van der Waals surface area contributed by atoms with Crippen LogP contribution in [0.3, 0.4) is 0 Å². The quantitative estimate of drug-likeness (QED) is 0.151. The van der Waals surface area contributed by atoms with Gasteiger partial charge in [0, 0.05) is 70.0 Å². The average molecular weight is 911 g/mol. The van der Waals surface area contributed by atoms with E-state index in [4.69, 9.17) is 4.42 Å². The molecular formula is C66H42N2OS. The van der Waals surface area contributed by atoms with Crippen molar-refractivity contribution < 1.29 is 4.42 Å². The second kappa shape index (κ2) is 16.4. The third-order valence-electron chi connectivity index (χ3n) is 14.0. The van der Waals surface area contributed by atoms with Crippen LogP contribution in [0, 0.1) is 0 Å². The van der Waals surface area contributed by atoms with Crippen LogP contribution in [0.5, 0.6) is 0 Å². The van der Waals surface area contributed by atoms with E-state index >= 15 is 0 Å². The lowest BCUT2D eigenvalue weighted by Gasteiger charge is -2.25. The van der Waals surface area contributed by atoms with Gasteiger partial charge in [-0.3, -0.25) is 0 Å². The molecule has 0 aliphatic rings. The molecule has 0 bridgehead atoms. The first-order chi connectivity index (χ1) is 34.7. The first-order valence-corrected chi connectivity index (χ1v) is 24.6. The Morgan fingerprint density at radius 2 is 0.871 bits per heavy atom. The number of furan rings is 1. The van der Waals surface area contributed by atoms with Crippen molar-refractivity contribution >= 4 is 92.3 Å². The highest BCUT2D eigenvalue weighted by molar-refractivity contribution is 7.26. The highest BCUT2D eigenvalue weighted by atomic mass is 32.1. The molecule has 14 rings (SSSR count). The molecule has 0 saturated heterocycles. The minimum absolute atomic E-state index is 0.906. The number of hydrogen-bond donors (Lipinski definition) is 0. The molecule has 0 aliphatic heterocycles. The summed E-state index contributed by atoms with van der Waals surface area (Å²) in [6.07, 6.45) is 0. The van der Waals surface area contributed by atoms with Gasteiger partial charge in [-0.05, 0) is 130 Å². The van der Waals surface area contributed by atoms with Crippen LogP contribution in [-0.4, -0.2) is 4.57 Å². The number of rotatable bonds is 8. The van der Waals surface area contributed by atoms with Crippen LogP contribution >= 0.6 is 11.3 Å². The number of para-hydroxylation sites is 5. The summed E-state index contributed by atoms with van der Waals surface area (Å²) in [5, 5.41) is 7.50. The largest absolute Gasteiger partial charge is 0.455 e. The number of nitrogens with zero attached hydrogens (tertiary/aromatic N) is 2. The van der Waals surface area contributed by atoms with Gasteiger partial charge in [-0.25, -0.2) is 0 Å². The fourth-order valence-electron chi connectivity index (χ4n) is 10.7. The molecule has 11 aromatic carbocycles. The zero-order valence-electron chi connectivity index (χ0n) is 38.0. The summed E-state index contributed by atoms with van der Waals surface area (Å²) in [7, 11) is 0. The van der Waals surface area contributed by atoms with Crippen molar-refractivity contribution in [2.24, 2.45) is 0 Å². The molecule has 0 atom stereocenters. The molecule has 0 saturated carbocycles. The maximum absolute atomic E-state index is 6.45. The lowest BCUT2D eigenvalue weighted by atomic mass is 9.92. The van der Waals surface area contributed by atoms with Crippen LogP contribution in [0.15, 0.2) is 259 Å². The van der Waals surface area contributed by atoms with Gasteiger partial charge in [-0.1, -0.05) is 164 Å². The third-order valence-corrected chi connectivity index (χ3v) is 15.2.